The van der Waals surface area contributed by atoms with Crippen molar-refractivity contribution in [2.75, 3.05) is 13.7 Å². The highest BCUT2D eigenvalue weighted by atomic mass is 79.9. The third-order valence-electron chi connectivity index (χ3n) is 3.49. The molecule has 0 radical (unpaired) electrons. The third-order valence-corrected chi connectivity index (χ3v) is 4.02. The molecular formula is C17H16BrN3O2. The highest BCUT2D eigenvalue weighted by molar-refractivity contribution is 9.10. The molecule has 0 aliphatic rings. The van der Waals surface area contributed by atoms with Gasteiger partial charge in [-0.25, -0.2) is 4.98 Å². The van der Waals surface area contributed by atoms with E-state index in [1.54, 1.807) is 19.2 Å². The highest BCUT2D eigenvalue weighted by Crippen LogP contribution is 2.18. The number of hydrogen-bond donors (Lipinski definition) is 2. The zero-order valence-corrected chi connectivity index (χ0v) is 14.2. The fourth-order valence-electron chi connectivity index (χ4n) is 2.28. The fourth-order valence-corrected chi connectivity index (χ4v) is 2.55. The lowest BCUT2D eigenvalue weighted by Gasteiger charge is -2.04. The Kier molecular flexibility index (Phi) is 4.62. The Morgan fingerprint density at radius 3 is 2.78 bits per heavy atom. The van der Waals surface area contributed by atoms with Gasteiger partial charge in [0.25, 0.3) is 5.91 Å². The molecule has 5 nitrogen and oxygen atoms in total. The van der Waals surface area contributed by atoms with Gasteiger partial charge in [0.15, 0.2) is 0 Å². The summed E-state index contributed by atoms with van der Waals surface area (Å²) in [5, 5.41) is 2.89. The average molecular weight is 374 g/mol. The molecule has 2 N–H and O–H groups in total. The number of nitrogens with one attached hydrogen (secondary N) is 2. The molecule has 1 amide bonds. The minimum absolute atomic E-state index is 0.0877. The molecule has 3 rings (SSSR count). The number of methoxy groups -OCH3 is 1. The van der Waals surface area contributed by atoms with Crippen molar-refractivity contribution in [1.29, 1.82) is 0 Å². The summed E-state index contributed by atoms with van der Waals surface area (Å²) in [5.41, 5.74) is 2.46. The maximum Gasteiger partial charge on any atom is 0.251 e. The molecule has 0 bridgehead atoms. The summed E-state index contributed by atoms with van der Waals surface area (Å²) in [6.07, 6.45) is 0.638. The van der Waals surface area contributed by atoms with E-state index >= 15 is 0 Å². The summed E-state index contributed by atoms with van der Waals surface area (Å²) in [7, 11) is 1.64. The van der Waals surface area contributed by atoms with Crippen molar-refractivity contribution in [3.63, 3.8) is 0 Å². The van der Waals surface area contributed by atoms with Crippen LogP contribution < -0.4 is 10.1 Å². The highest BCUT2D eigenvalue weighted by Gasteiger charge is 2.07. The van der Waals surface area contributed by atoms with E-state index in [4.69, 9.17) is 4.74 Å². The van der Waals surface area contributed by atoms with Crippen molar-refractivity contribution < 1.29 is 9.53 Å². The predicted molar refractivity (Wildman–Crippen MR) is 92.8 cm³/mol. The molecule has 0 aliphatic heterocycles. The molecule has 3 aromatic rings. The molecular weight excluding hydrogens is 358 g/mol. The number of carbonyl (C=O) groups is 1. The SMILES string of the molecule is COc1ccc2nc(CCNC(=O)c3ccc(Br)cc3)[nH]c2c1. The monoisotopic (exact) mass is 373 g/mol. The van der Waals surface area contributed by atoms with Crippen LogP contribution in [-0.2, 0) is 6.42 Å². The standard InChI is InChI=1S/C17H16BrN3O2/c1-23-13-6-7-14-15(10-13)21-16(20-14)8-9-19-17(22)11-2-4-12(18)5-3-11/h2-7,10H,8-9H2,1H3,(H,19,22)(H,20,21). The number of hydrogen-bond acceptors (Lipinski definition) is 3. The summed E-state index contributed by atoms with van der Waals surface area (Å²) < 4.78 is 6.14. The first-order valence-electron chi connectivity index (χ1n) is 7.22. The number of H-pyrrole nitrogens is 1. The number of nitrogens with zero attached hydrogens (tertiary/aromatic N) is 1. The van der Waals surface area contributed by atoms with Gasteiger partial charge < -0.3 is 15.0 Å². The minimum Gasteiger partial charge on any atom is -0.497 e. The lowest BCUT2D eigenvalue weighted by Crippen LogP contribution is -2.25. The first-order valence-corrected chi connectivity index (χ1v) is 8.01. The van der Waals surface area contributed by atoms with Crippen LogP contribution in [0, 0.1) is 0 Å². The Morgan fingerprint density at radius 2 is 2.04 bits per heavy atom. The Labute approximate surface area is 142 Å². The molecule has 23 heavy (non-hydrogen) atoms. The van der Waals surface area contributed by atoms with Gasteiger partial charge >= 0.3 is 0 Å². The number of amides is 1. The second kappa shape index (κ2) is 6.83. The van der Waals surface area contributed by atoms with E-state index in [2.05, 4.69) is 31.2 Å². The molecule has 0 fully saturated rings. The predicted octanol–water partition coefficient (Wildman–Crippen LogP) is 3.31. The van der Waals surface area contributed by atoms with Gasteiger partial charge in [0, 0.05) is 29.1 Å². The van der Waals surface area contributed by atoms with E-state index in [0.29, 0.717) is 18.5 Å². The first kappa shape index (κ1) is 15.6. The zero-order chi connectivity index (χ0) is 16.2. The van der Waals surface area contributed by atoms with E-state index in [-0.39, 0.29) is 5.91 Å². The second-order valence-corrected chi connectivity index (χ2v) is 6.00. The fraction of sp³-hybridized carbons (Fsp3) is 0.176. The first-order chi connectivity index (χ1) is 11.2. The van der Waals surface area contributed by atoms with E-state index in [1.807, 2.05) is 30.3 Å². The topological polar surface area (TPSA) is 67.0 Å². The smallest absolute Gasteiger partial charge is 0.251 e. The molecule has 1 aromatic heterocycles. The number of carbonyl (C=O) groups excluding carboxylic acids is 1. The summed E-state index contributed by atoms with van der Waals surface area (Å²) >= 11 is 3.35. The van der Waals surface area contributed by atoms with E-state index < -0.39 is 0 Å². The van der Waals surface area contributed by atoms with Crippen LogP contribution in [0.15, 0.2) is 46.9 Å². The molecule has 0 spiro atoms. The zero-order valence-electron chi connectivity index (χ0n) is 12.6. The molecule has 6 heteroatoms. The van der Waals surface area contributed by atoms with Crippen LogP contribution in [0.3, 0.4) is 0 Å². The Hall–Kier alpha value is -2.34. The number of fused-ring (bicyclic) bond motifs is 1. The molecule has 0 unspecified atom stereocenters. The summed E-state index contributed by atoms with van der Waals surface area (Å²) in [6.45, 7) is 0.520. The maximum absolute atomic E-state index is 12.0. The Bertz CT molecular complexity index is 827. The normalized spacial score (nSPS) is 10.7. The van der Waals surface area contributed by atoms with Crippen molar-refractivity contribution in [3.05, 3.63) is 58.3 Å². The quantitative estimate of drug-likeness (QED) is 0.720. The minimum atomic E-state index is -0.0877. The number of benzene rings is 2. The van der Waals surface area contributed by atoms with Gasteiger partial charge in [-0.15, -0.1) is 0 Å². The number of rotatable bonds is 5. The number of halogens is 1. The molecule has 0 aliphatic carbocycles. The van der Waals surface area contributed by atoms with Crippen molar-refractivity contribution >= 4 is 32.9 Å². The van der Waals surface area contributed by atoms with Crippen LogP contribution in [0.25, 0.3) is 11.0 Å². The Morgan fingerprint density at radius 1 is 1.26 bits per heavy atom. The van der Waals surface area contributed by atoms with Crippen LogP contribution in [0.4, 0.5) is 0 Å². The van der Waals surface area contributed by atoms with E-state index in [1.165, 1.54) is 0 Å². The van der Waals surface area contributed by atoms with Gasteiger partial charge in [0.1, 0.15) is 11.6 Å². The number of ether oxygens (including phenoxy) is 1. The van der Waals surface area contributed by atoms with E-state index in [0.717, 1.165) is 27.1 Å². The van der Waals surface area contributed by atoms with Crippen LogP contribution >= 0.6 is 15.9 Å². The van der Waals surface area contributed by atoms with Crippen LogP contribution in [0.1, 0.15) is 16.2 Å². The van der Waals surface area contributed by atoms with Gasteiger partial charge in [-0.3, -0.25) is 4.79 Å². The largest absolute Gasteiger partial charge is 0.497 e. The number of aromatic nitrogens is 2. The number of imidazole rings is 1. The lowest BCUT2D eigenvalue weighted by atomic mass is 10.2. The van der Waals surface area contributed by atoms with Crippen LogP contribution in [0.5, 0.6) is 5.75 Å². The molecule has 1 heterocycles. The average Bonchev–Trinajstić information content (AvgIpc) is 2.97. The van der Waals surface area contributed by atoms with Crippen molar-refractivity contribution in [3.8, 4) is 5.75 Å². The van der Waals surface area contributed by atoms with Crippen LogP contribution in [0.2, 0.25) is 0 Å². The van der Waals surface area contributed by atoms with Gasteiger partial charge in [-0.05, 0) is 36.4 Å². The maximum atomic E-state index is 12.0. The number of aromatic amines is 1. The summed E-state index contributed by atoms with van der Waals surface area (Å²) in [4.78, 5) is 19.8. The summed E-state index contributed by atoms with van der Waals surface area (Å²) in [6, 6.07) is 13.0. The molecule has 0 atom stereocenters. The van der Waals surface area contributed by atoms with Crippen molar-refractivity contribution in [2.45, 2.75) is 6.42 Å². The molecule has 0 saturated heterocycles. The van der Waals surface area contributed by atoms with Gasteiger partial charge in [0.2, 0.25) is 0 Å². The van der Waals surface area contributed by atoms with Crippen molar-refractivity contribution in [1.82, 2.24) is 15.3 Å². The Balaban J connectivity index is 1.60. The molecule has 0 saturated carbocycles. The summed E-state index contributed by atoms with van der Waals surface area (Å²) in [5.74, 6) is 1.54. The second-order valence-electron chi connectivity index (χ2n) is 5.08. The van der Waals surface area contributed by atoms with Crippen LogP contribution in [-0.4, -0.2) is 29.5 Å². The van der Waals surface area contributed by atoms with E-state index in [9.17, 15) is 4.79 Å². The van der Waals surface area contributed by atoms with Gasteiger partial charge in [-0.1, -0.05) is 15.9 Å². The van der Waals surface area contributed by atoms with Gasteiger partial charge in [-0.2, -0.15) is 0 Å². The van der Waals surface area contributed by atoms with Gasteiger partial charge in [0.05, 0.1) is 18.1 Å². The third kappa shape index (κ3) is 3.71. The lowest BCUT2D eigenvalue weighted by molar-refractivity contribution is 0.0954. The van der Waals surface area contributed by atoms with Crippen molar-refractivity contribution in [2.24, 2.45) is 0 Å². The molecule has 2 aromatic carbocycles. The molecule has 118 valence electrons.